The summed E-state index contributed by atoms with van der Waals surface area (Å²) in [6.07, 6.45) is 14.9. The second kappa shape index (κ2) is 12.9. The van der Waals surface area contributed by atoms with Crippen molar-refractivity contribution in [1.82, 2.24) is 4.90 Å². The molecule has 6 unspecified atom stereocenters. The van der Waals surface area contributed by atoms with Crippen molar-refractivity contribution >= 4 is 11.8 Å². The van der Waals surface area contributed by atoms with E-state index in [1.165, 1.54) is 32.1 Å². The summed E-state index contributed by atoms with van der Waals surface area (Å²) in [4.78, 5) is 29.5. The molecule has 2 amide bonds. The second-order valence-corrected chi connectivity index (χ2v) is 11.4. The van der Waals surface area contributed by atoms with Gasteiger partial charge in [-0.2, -0.15) is 0 Å². The van der Waals surface area contributed by atoms with E-state index in [1.807, 2.05) is 0 Å². The number of carbonyl (C=O) groups excluding carboxylic acids is 2. The predicted molar refractivity (Wildman–Crippen MR) is 136 cm³/mol. The van der Waals surface area contributed by atoms with Crippen LogP contribution in [0.15, 0.2) is 0 Å². The molecule has 2 saturated carbocycles. The molecule has 1 heterocycles. The third kappa shape index (κ3) is 5.40. The van der Waals surface area contributed by atoms with E-state index in [9.17, 15) is 9.59 Å². The van der Waals surface area contributed by atoms with Crippen LogP contribution in [-0.4, -0.2) is 48.7 Å². The molecule has 0 spiro atoms. The van der Waals surface area contributed by atoms with Gasteiger partial charge in [0.15, 0.2) is 0 Å². The maximum atomic E-state index is 13.9. The third-order valence-corrected chi connectivity index (χ3v) is 9.31. The van der Waals surface area contributed by atoms with E-state index in [4.69, 9.17) is 9.47 Å². The minimum Gasteiger partial charge on any atom is -0.381 e. The summed E-state index contributed by atoms with van der Waals surface area (Å²) in [5.74, 6) is 0.103. The van der Waals surface area contributed by atoms with Gasteiger partial charge in [-0.1, -0.05) is 72.6 Å². The molecule has 0 aromatic heterocycles. The Hall–Kier alpha value is -0.940. The maximum absolute atomic E-state index is 13.9. The van der Waals surface area contributed by atoms with Crippen LogP contribution >= 0.6 is 0 Å². The SMILES string of the molecule is CCCCCCCCOC1CCC2C(=O)N(C(CCC)CCC)C(=O)C3CCC(OC)C1C32C. The number of likely N-dealkylation sites (tertiary alicyclic amines) is 1. The Labute approximate surface area is 208 Å². The van der Waals surface area contributed by atoms with Gasteiger partial charge >= 0.3 is 0 Å². The zero-order chi connectivity index (χ0) is 24.7. The molecule has 0 N–H and O–H groups in total. The monoisotopic (exact) mass is 477 g/mol. The van der Waals surface area contributed by atoms with E-state index in [2.05, 4.69) is 27.7 Å². The number of amides is 2. The smallest absolute Gasteiger partial charge is 0.233 e. The van der Waals surface area contributed by atoms with Gasteiger partial charge in [0.25, 0.3) is 0 Å². The highest BCUT2D eigenvalue weighted by Gasteiger charge is 2.66. The van der Waals surface area contributed by atoms with E-state index in [-0.39, 0.29) is 53.2 Å². The number of hydrogen-bond acceptors (Lipinski definition) is 4. The van der Waals surface area contributed by atoms with Crippen LogP contribution in [0.2, 0.25) is 0 Å². The third-order valence-electron chi connectivity index (χ3n) is 9.31. The van der Waals surface area contributed by atoms with Gasteiger partial charge in [0.2, 0.25) is 11.8 Å². The van der Waals surface area contributed by atoms with Gasteiger partial charge in [-0.15, -0.1) is 0 Å². The summed E-state index contributed by atoms with van der Waals surface area (Å²) < 4.78 is 12.5. The largest absolute Gasteiger partial charge is 0.381 e. The van der Waals surface area contributed by atoms with Crippen LogP contribution in [0.3, 0.4) is 0 Å². The molecule has 5 heteroatoms. The van der Waals surface area contributed by atoms with Gasteiger partial charge < -0.3 is 9.47 Å². The van der Waals surface area contributed by atoms with Crippen LogP contribution in [0.4, 0.5) is 0 Å². The van der Waals surface area contributed by atoms with Crippen molar-refractivity contribution in [3.63, 3.8) is 0 Å². The van der Waals surface area contributed by atoms with E-state index in [0.717, 1.165) is 64.4 Å². The standard InChI is InChI=1S/C29H51NO4/c1-6-9-10-11-12-13-20-34-25-19-17-23-28(32)30(21(14-7-2)15-8-3)27(31)22-16-18-24(33-5)26(25)29(22,23)4/h21-26H,6-20H2,1-5H3. The van der Waals surface area contributed by atoms with Gasteiger partial charge in [-0.25, -0.2) is 0 Å². The molecular formula is C29H51NO4. The summed E-state index contributed by atoms with van der Waals surface area (Å²) in [7, 11) is 1.79. The molecule has 5 nitrogen and oxygen atoms in total. The van der Waals surface area contributed by atoms with Crippen LogP contribution < -0.4 is 0 Å². The Morgan fingerprint density at radius 3 is 1.94 bits per heavy atom. The number of hydrogen-bond donors (Lipinski definition) is 0. The van der Waals surface area contributed by atoms with Gasteiger partial charge in [0.05, 0.1) is 12.2 Å². The topological polar surface area (TPSA) is 55.8 Å². The molecule has 3 fully saturated rings. The summed E-state index contributed by atoms with van der Waals surface area (Å²) in [6.45, 7) is 9.55. The number of methoxy groups -OCH3 is 1. The van der Waals surface area contributed by atoms with Crippen LogP contribution in [0, 0.1) is 23.2 Å². The number of unbranched alkanes of at least 4 members (excludes halogenated alkanes) is 5. The molecule has 2 aliphatic carbocycles. The van der Waals surface area contributed by atoms with E-state index in [1.54, 1.807) is 12.0 Å². The Morgan fingerprint density at radius 2 is 1.38 bits per heavy atom. The van der Waals surface area contributed by atoms with Crippen molar-refractivity contribution in [2.75, 3.05) is 13.7 Å². The van der Waals surface area contributed by atoms with Gasteiger partial charge in [0.1, 0.15) is 0 Å². The number of piperidine rings is 1. The molecule has 0 bridgehead atoms. The Balaban J connectivity index is 1.77. The molecule has 3 aliphatic rings. The normalized spacial score (nSPS) is 33.5. The zero-order valence-corrected chi connectivity index (χ0v) is 22.7. The lowest BCUT2D eigenvalue weighted by atomic mass is 9.47. The van der Waals surface area contributed by atoms with Crippen molar-refractivity contribution in [2.24, 2.45) is 23.2 Å². The number of nitrogens with zero attached hydrogens (tertiary/aromatic N) is 1. The fourth-order valence-electron chi connectivity index (χ4n) is 7.61. The summed E-state index contributed by atoms with van der Waals surface area (Å²) in [5.41, 5.74) is -0.364. The number of carbonyl (C=O) groups is 2. The predicted octanol–water partition coefficient (Wildman–Crippen LogP) is 6.53. The Morgan fingerprint density at radius 1 is 0.824 bits per heavy atom. The highest BCUT2D eigenvalue weighted by molar-refractivity contribution is 6.01. The first-order valence-corrected chi connectivity index (χ1v) is 14.5. The fraction of sp³-hybridized carbons (Fsp3) is 0.931. The van der Waals surface area contributed by atoms with Crippen LogP contribution in [-0.2, 0) is 19.1 Å². The molecule has 0 aromatic carbocycles. The number of ether oxygens (including phenoxy) is 2. The lowest BCUT2D eigenvalue weighted by Crippen LogP contribution is -2.69. The lowest BCUT2D eigenvalue weighted by Gasteiger charge is -2.62. The van der Waals surface area contributed by atoms with Gasteiger partial charge in [-0.3, -0.25) is 14.5 Å². The molecule has 1 saturated heterocycles. The van der Waals surface area contributed by atoms with Crippen LogP contribution in [0.5, 0.6) is 0 Å². The average Bonchev–Trinajstić information content (AvgIpc) is 2.81. The second-order valence-electron chi connectivity index (χ2n) is 11.4. The average molecular weight is 478 g/mol. The summed E-state index contributed by atoms with van der Waals surface area (Å²) >= 11 is 0. The van der Waals surface area contributed by atoms with Crippen LogP contribution in [0.25, 0.3) is 0 Å². The zero-order valence-electron chi connectivity index (χ0n) is 22.7. The molecule has 0 aromatic rings. The molecule has 34 heavy (non-hydrogen) atoms. The minimum atomic E-state index is -0.364. The molecule has 3 rings (SSSR count). The first-order valence-electron chi connectivity index (χ1n) is 14.5. The quantitative estimate of drug-likeness (QED) is 0.211. The van der Waals surface area contributed by atoms with Crippen molar-refractivity contribution in [1.29, 1.82) is 0 Å². The van der Waals surface area contributed by atoms with Gasteiger partial charge in [-0.05, 0) is 50.4 Å². The van der Waals surface area contributed by atoms with E-state index < -0.39 is 0 Å². The summed E-state index contributed by atoms with van der Waals surface area (Å²) in [6, 6.07) is 0.0554. The lowest BCUT2D eigenvalue weighted by molar-refractivity contribution is -0.214. The molecule has 196 valence electrons. The summed E-state index contributed by atoms with van der Waals surface area (Å²) in [5, 5.41) is 0. The van der Waals surface area contributed by atoms with Gasteiger partial charge in [0, 0.05) is 37.5 Å². The maximum Gasteiger partial charge on any atom is 0.233 e. The van der Waals surface area contributed by atoms with Crippen LogP contribution in [0.1, 0.15) is 118 Å². The molecule has 0 radical (unpaired) electrons. The van der Waals surface area contributed by atoms with E-state index in [0.29, 0.717) is 0 Å². The minimum absolute atomic E-state index is 0.0554. The van der Waals surface area contributed by atoms with Crippen molar-refractivity contribution in [3.05, 3.63) is 0 Å². The first kappa shape index (κ1) is 27.6. The van der Waals surface area contributed by atoms with E-state index >= 15 is 0 Å². The van der Waals surface area contributed by atoms with Crippen molar-refractivity contribution in [3.8, 4) is 0 Å². The molecule has 1 aliphatic heterocycles. The highest BCUT2D eigenvalue weighted by atomic mass is 16.5. The number of rotatable bonds is 14. The van der Waals surface area contributed by atoms with Crippen molar-refractivity contribution in [2.45, 2.75) is 136 Å². The Bertz CT molecular complexity index is 641. The molecule has 6 atom stereocenters. The molecular weight excluding hydrogens is 426 g/mol. The van der Waals surface area contributed by atoms with Crippen molar-refractivity contribution < 1.29 is 19.1 Å². The highest BCUT2D eigenvalue weighted by Crippen LogP contribution is 2.60. The Kier molecular flexibility index (Phi) is 10.4. The fourth-order valence-corrected chi connectivity index (χ4v) is 7.61. The number of imide groups is 1. The first-order chi connectivity index (χ1) is 16.4.